The van der Waals surface area contributed by atoms with Gasteiger partial charge in [0.2, 0.25) is 17.6 Å². The third-order valence-corrected chi connectivity index (χ3v) is 8.24. The summed E-state index contributed by atoms with van der Waals surface area (Å²) in [5.41, 5.74) is 1.86. The molecule has 1 atom stereocenters. The lowest BCUT2D eigenvalue weighted by molar-refractivity contribution is -0.133. The highest BCUT2D eigenvalue weighted by atomic mass is 16.5. The van der Waals surface area contributed by atoms with Crippen LogP contribution in [0.3, 0.4) is 0 Å². The number of nitrogens with one attached hydrogen (secondary N) is 1. The second kappa shape index (κ2) is 15.2. The molecule has 232 valence electrons. The van der Waals surface area contributed by atoms with E-state index in [1.54, 1.807) is 21.3 Å². The average molecular weight is 586 g/mol. The minimum absolute atomic E-state index is 0.0115. The Morgan fingerprint density at radius 1 is 1.05 bits per heavy atom. The van der Waals surface area contributed by atoms with Crippen LogP contribution >= 0.6 is 0 Å². The van der Waals surface area contributed by atoms with E-state index in [9.17, 15) is 9.59 Å². The predicted octanol–water partition coefficient (Wildman–Crippen LogP) is 3.07. The van der Waals surface area contributed by atoms with E-state index in [0.29, 0.717) is 81.9 Å². The van der Waals surface area contributed by atoms with E-state index in [1.807, 2.05) is 17.9 Å². The fraction of sp³-hybridized carbons (Fsp3) is 0.645. The largest absolute Gasteiger partial charge is 0.493 e. The number of anilines is 1. The van der Waals surface area contributed by atoms with Crippen LogP contribution in [0.5, 0.6) is 17.2 Å². The van der Waals surface area contributed by atoms with Gasteiger partial charge in [0, 0.05) is 75.9 Å². The Morgan fingerprint density at radius 2 is 1.86 bits per heavy atom. The van der Waals surface area contributed by atoms with Crippen LogP contribution in [-0.4, -0.2) is 107 Å². The van der Waals surface area contributed by atoms with Gasteiger partial charge in [0.15, 0.2) is 11.5 Å². The maximum Gasteiger partial charge on any atom is 0.224 e. The first-order valence-corrected chi connectivity index (χ1v) is 15.1. The molecule has 2 aliphatic heterocycles. The van der Waals surface area contributed by atoms with Crippen LogP contribution in [0.4, 0.5) is 5.82 Å². The van der Waals surface area contributed by atoms with Gasteiger partial charge in [0.1, 0.15) is 5.82 Å². The molecule has 4 rings (SSSR count). The molecule has 0 saturated carbocycles. The first-order chi connectivity index (χ1) is 20.4. The Hall–Kier alpha value is -3.31. The molecular formula is C31H47N5O6. The summed E-state index contributed by atoms with van der Waals surface area (Å²) >= 11 is 0. The minimum atomic E-state index is -0.0189. The molecule has 0 spiro atoms. The molecule has 1 unspecified atom stereocenters. The van der Waals surface area contributed by atoms with Crippen molar-refractivity contribution < 1.29 is 28.5 Å². The molecule has 1 saturated heterocycles. The number of ether oxygens (including phenoxy) is 4. The number of hydrogen-bond donors (Lipinski definition) is 1. The average Bonchev–Trinajstić information content (AvgIpc) is 3.01. The maximum atomic E-state index is 13.1. The number of likely N-dealkylation sites (N-methyl/N-ethyl adjacent to an activating group) is 1. The molecule has 2 aliphatic rings. The summed E-state index contributed by atoms with van der Waals surface area (Å²) in [7, 11) is 4.84. The SMILES string of the molecule is CCOCCC(=O)N1CCC(=O)NCC2CCCN(C2)c2nc3cc(OC)c(OC)c(OC)c3cc2CN(CC)CC1. The van der Waals surface area contributed by atoms with E-state index in [-0.39, 0.29) is 11.8 Å². The molecule has 1 aromatic carbocycles. The van der Waals surface area contributed by atoms with E-state index in [2.05, 4.69) is 28.1 Å². The topological polar surface area (TPSA) is 106 Å². The molecule has 2 bridgehead atoms. The first-order valence-electron chi connectivity index (χ1n) is 15.1. The van der Waals surface area contributed by atoms with Crippen LogP contribution in [0.1, 0.15) is 45.1 Å². The van der Waals surface area contributed by atoms with Crippen molar-refractivity contribution in [3.05, 3.63) is 17.7 Å². The summed E-state index contributed by atoms with van der Waals surface area (Å²) in [6, 6.07) is 4.06. The zero-order valence-corrected chi connectivity index (χ0v) is 25.9. The van der Waals surface area contributed by atoms with Gasteiger partial charge >= 0.3 is 0 Å². The highest BCUT2D eigenvalue weighted by Crippen LogP contribution is 2.44. The standard InChI is InChI=1S/C31H47N5O6/c1-6-34-14-15-35(28(38)11-16-42-7-2)13-10-27(37)32-19-22-9-8-12-36(20-22)31-23(21-34)17-24-25(33-31)18-26(39-3)30(41-5)29(24)40-4/h17-18,22H,6-16,19-21H2,1-5H3,(H,32,37). The number of benzene rings is 1. The second-order valence-corrected chi connectivity index (χ2v) is 10.9. The summed E-state index contributed by atoms with van der Waals surface area (Å²) in [5.74, 6) is 2.93. The van der Waals surface area contributed by atoms with Gasteiger partial charge in [0.05, 0.1) is 39.9 Å². The Balaban J connectivity index is 1.74. The minimum Gasteiger partial charge on any atom is -0.493 e. The molecule has 1 aromatic heterocycles. The number of fused-ring (bicyclic) bond motifs is 5. The number of pyridine rings is 1. The van der Waals surface area contributed by atoms with Gasteiger partial charge in [0.25, 0.3) is 0 Å². The number of rotatable bonds is 8. The van der Waals surface area contributed by atoms with Crippen LogP contribution in [0.25, 0.3) is 10.9 Å². The zero-order chi connectivity index (χ0) is 30.1. The number of carbonyl (C=O) groups is 2. The highest BCUT2D eigenvalue weighted by molar-refractivity contribution is 5.92. The number of amides is 2. The molecule has 2 aromatic rings. The smallest absolute Gasteiger partial charge is 0.224 e. The summed E-state index contributed by atoms with van der Waals surface area (Å²) in [6.45, 7) is 10.4. The summed E-state index contributed by atoms with van der Waals surface area (Å²) in [6.07, 6.45) is 2.66. The maximum absolute atomic E-state index is 13.1. The van der Waals surface area contributed by atoms with E-state index in [4.69, 9.17) is 23.9 Å². The number of piperidine rings is 1. The van der Waals surface area contributed by atoms with Gasteiger partial charge in [-0.05, 0) is 38.3 Å². The third-order valence-electron chi connectivity index (χ3n) is 8.24. The van der Waals surface area contributed by atoms with Gasteiger partial charge in [-0.2, -0.15) is 0 Å². The quantitative estimate of drug-likeness (QED) is 0.468. The van der Waals surface area contributed by atoms with Gasteiger partial charge in [-0.25, -0.2) is 4.98 Å². The van der Waals surface area contributed by atoms with E-state index >= 15 is 0 Å². The Labute approximate surface area is 249 Å². The molecule has 1 fully saturated rings. The van der Waals surface area contributed by atoms with Gasteiger partial charge < -0.3 is 34.1 Å². The molecule has 42 heavy (non-hydrogen) atoms. The Bertz CT molecular complexity index is 1220. The molecule has 3 heterocycles. The number of hydrogen-bond acceptors (Lipinski definition) is 9. The van der Waals surface area contributed by atoms with Crippen molar-refractivity contribution in [2.24, 2.45) is 5.92 Å². The molecule has 11 nitrogen and oxygen atoms in total. The lowest BCUT2D eigenvalue weighted by Gasteiger charge is -2.35. The molecule has 11 heteroatoms. The van der Waals surface area contributed by atoms with Crippen molar-refractivity contribution >= 4 is 28.5 Å². The van der Waals surface area contributed by atoms with Crippen LogP contribution in [0.15, 0.2) is 12.1 Å². The molecular weight excluding hydrogens is 538 g/mol. The highest BCUT2D eigenvalue weighted by Gasteiger charge is 2.27. The lowest BCUT2D eigenvalue weighted by Crippen LogP contribution is -2.42. The fourth-order valence-corrected chi connectivity index (χ4v) is 5.89. The predicted molar refractivity (Wildman–Crippen MR) is 163 cm³/mol. The number of nitrogens with zero attached hydrogens (tertiary/aromatic N) is 4. The fourth-order valence-electron chi connectivity index (χ4n) is 5.89. The molecule has 2 amide bonds. The number of aromatic nitrogens is 1. The normalized spacial score (nSPS) is 19.0. The lowest BCUT2D eigenvalue weighted by atomic mass is 9.97. The van der Waals surface area contributed by atoms with Gasteiger partial charge in [-0.15, -0.1) is 0 Å². The Kier molecular flexibility index (Phi) is 11.5. The summed E-state index contributed by atoms with van der Waals surface area (Å²) in [4.78, 5) is 37.6. The zero-order valence-electron chi connectivity index (χ0n) is 25.9. The van der Waals surface area contributed by atoms with Crippen molar-refractivity contribution in [1.82, 2.24) is 20.1 Å². The van der Waals surface area contributed by atoms with Crippen molar-refractivity contribution in [2.75, 3.05) is 85.3 Å². The van der Waals surface area contributed by atoms with Crippen LogP contribution in [0, 0.1) is 5.92 Å². The molecule has 0 radical (unpaired) electrons. The van der Waals surface area contributed by atoms with Gasteiger partial charge in [-0.3, -0.25) is 14.5 Å². The van der Waals surface area contributed by atoms with Crippen molar-refractivity contribution in [3.8, 4) is 17.2 Å². The van der Waals surface area contributed by atoms with Crippen molar-refractivity contribution in [3.63, 3.8) is 0 Å². The number of carbonyl (C=O) groups excluding carboxylic acids is 2. The summed E-state index contributed by atoms with van der Waals surface area (Å²) < 4.78 is 22.5. The van der Waals surface area contributed by atoms with E-state index in [1.165, 1.54) is 0 Å². The van der Waals surface area contributed by atoms with Crippen LogP contribution < -0.4 is 24.4 Å². The number of methoxy groups -OCH3 is 3. The first kappa shape index (κ1) is 31.6. The second-order valence-electron chi connectivity index (χ2n) is 10.9. The third kappa shape index (κ3) is 7.55. The van der Waals surface area contributed by atoms with Crippen LogP contribution in [-0.2, 0) is 20.9 Å². The van der Waals surface area contributed by atoms with Crippen LogP contribution in [0.2, 0.25) is 0 Å². The van der Waals surface area contributed by atoms with E-state index < -0.39 is 0 Å². The monoisotopic (exact) mass is 585 g/mol. The van der Waals surface area contributed by atoms with E-state index in [0.717, 1.165) is 54.8 Å². The molecule has 1 N–H and O–H groups in total. The van der Waals surface area contributed by atoms with Crippen molar-refractivity contribution in [2.45, 2.75) is 46.1 Å². The van der Waals surface area contributed by atoms with Crippen molar-refractivity contribution in [1.29, 1.82) is 0 Å². The van der Waals surface area contributed by atoms with Gasteiger partial charge in [-0.1, -0.05) is 6.92 Å². The molecule has 0 aliphatic carbocycles. The Morgan fingerprint density at radius 3 is 2.57 bits per heavy atom. The summed E-state index contributed by atoms with van der Waals surface area (Å²) in [5, 5.41) is 3.99.